The predicted octanol–water partition coefficient (Wildman–Crippen LogP) is 4.47. The van der Waals surface area contributed by atoms with Gasteiger partial charge in [-0.1, -0.05) is 13.0 Å². The Hall–Kier alpha value is -2.82. The van der Waals surface area contributed by atoms with E-state index in [4.69, 9.17) is 0 Å². The Labute approximate surface area is 152 Å². The van der Waals surface area contributed by atoms with Crippen molar-refractivity contribution in [2.75, 3.05) is 28.6 Å². The molecule has 2 N–H and O–H groups in total. The van der Waals surface area contributed by atoms with Crippen molar-refractivity contribution in [1.82, 2.24) is 0 Å². The molecule has 1 saturated heterocycles. The van der Waals surface area contributed by atoms with Crippen molar-refractivity contribution >= 4 is 28.5 Å². The lowest BCUT2D eigenvalue weighted by Gasteiger charge is -2.32. The van der Waals surface area contributed by atoms with E-state index in [1.807, 2.05) is 12.1 Å². The number of hydrogen-bond acceptors (Lipinski definition) is 3. The summed E-state index contributed by atoms with van der Waals surface area (Å²) in [4.78, 5) is 14.5. The third-order valence-corrected chi connectivity index (χ3v) is 5.18. The third kappa shape index (κ3) is 3.17. The second kappa shape index (κ2) is 6.83. The van der Waals surface area contributed by atoms with Gasteiger partial charge in [0.15, 0.2) is 0 Å². The largest absolute Gasteiger partial charge is 0.372 e. The fourth-order valence-corrected chi connectivity index (χ4v) is 3.53. The van der Waals surface area contributed by atoms with E-state index in [2.05, 4.69) is 34.6 Å². The van der Waals surface area contributed by atoms with Gasteiger partial charge in [-0.25, -0.2) is 4.39 Å². The molecular weight excluding hydrogens is 329 g/mol. The minimum absolute atomic E-state index is 0.295. The number of carbonyl (C=O) groups is 1. The van der Waals surface area contributed by atoms with Crippen LogP contribution < -0.4 is 15.5 Å². The maximum Gasteiger partial charge on any atom is 0.257 e. The first kappa shape index (κ1) is 16.6. The molecule has 4 nitrogen and oxygen atoms in total. The predicted molar refractivity (Wildman–Crippen MR) is 104 cm³/mol. The normalized spacial score (nSPS) is 18.8. The zero-order valence-electron chi connectivity index (χ0n) is 14.8. The summed E-state index contributed by atoms with van der Waals surface area (Å²) < 4.78 is 14.1. The first-order chi connectivity index (χ1) is 12.6. The average molecular weight is 351 g/mol. The molecule has 2 aromatic rings. The molecule has 26 heavy (non-hydrogen) atoms. The number of piperidine rings is 1. The van der Waals surface area contributed by atoms with Gasteiger partial charge in [-0.3, -0.25) is 4.79 Å². The Morgan fingerprint density at radius 1 is 1.15 bits per heavy atom. The monoisotopic (exact) mass is 351 g/mol. The smallest absolute Gasteiger partial charge is 0.257 e. The van der Waals surface area contributed by atoms with Crippen LogP contribution >= 0.6 is 0 Å². The molecule has 0 unspecified atom stereocenters. The van der Waals surface area contributed by atoms with Crippen LogP contribution in [0, 0.1) is 11.7 Å². The topological polar surface area (TPSA) is 44.4 Å². The summed E-state index contributed by atoms with van der Waals surface area (Å²) in [5.74, 6) is 0.111. The van der Waals surface area contributed by atoms with Crippen molar-refractivity contribution in [1.29, 1.82) is 0 Å². The van der Waals surface area contributed by atoms with Crippen LogP contribution in [0.15, 0.2) is 48.7 Å². The molecule has 2 aliphatic rings. The van der Waals surface area contributed by atoms with E-state index >= 15 is 0 Å². The Balaban J connectivity index is 1.49. The molecule has 2 aliphatic heterocycles. The van der Waals surface area contributed by atoms with Crippen molar-refractivity contribution in [2.24, 2.45) is 5.92 Å². The molecule has 134 valence electrons. The molecule has 0 atom stereocenters. The van der Waals surface area contributed by atoms with Crippen LogP contribution in [0.1, 0.15) is 25.3 Å². The number of hydrogen-bond donors (Lipinski definition) is 2. The van der Waals surface area contributed by atoms with Crippen LogP contribution in [0.2, 0.25) is 0 Å². The van der Waals surface area contributed by atoms with Gasteiger partial charge in [0.2, 0.25) is 0 Å². The summed E-state index contributed by atoms with van der Waals surface area (Å²) >= 11 is 0. The molecule has 5 heteroatoms. The molecule has 0 aliphatic carbocycles. The zero-order valence-corrected chi connectivity index (χ0v) is 14.8. The van der Waals surface area contributed by atoms with Gasteiger partial charge in [0, 0.05) is 36.2 Å². The Kier molecular flexibility index (Phi) is 4.37. The molecule has 0 radical (unpaired) electrons. The van der Waals surface area contributed by atoms with Gasteiger partial charge in [-0.05, 0) is 55.2 Å². The molecule has 0 spiro atoms. The maximum atomic E-state index is 14.1. The van der Waals surface area contributed by atoms with Crippen molar-refractivity contribution in [3.05, 3.63) is 60.0 Å². The summed E-state index contributed by atoms with van der Waals surface area (Å²) in [5.41, 5.74) is 3.23. The minimum atomic E-state index is -0.399. The van der Waals surface area contributed by atoms with E-state index in [1.165, 1.54) is 24.6 Å². The van der Waals surface area contributed by atoms with Crippen LogP contribution in [0.25, 0.3) is 5.57 Å². The van der Waals surface area contributed by atoms with E-state index in [1.54, 1.807) is 18.3 Å². The van der Waals surface area contributed by atoms with Crippen molar-refractivity contribution in [3.8, 4) is 0 Å². The van der Waals surface area contributed by atoms with E-state index in [9.17, 15) is 9.18 Å². The maximum absolute atomic E-state index is 14.1. The lowest BCUT2D eigenvalue weighted by molar-refractivity contribution is -0.110. The highest BCUT2D eigenvalue weighted by atomic mass is 19.1. The fourth-order valence-electron chi connectivity index (χ4n) is 3.53. The molecule has 1 fully saturated rings. The average Bonchev–Trinajstić information content (AvgIpc) is 2.98. The molecule has 2 heterocycles. The van der Waals surface area contributed by atoms with Crippen LogP contribution in [0.5, 0.6) is 0 Å². The fraction of sp³-hybridized carbons (Fsp3) is 0.286. The van der Waals surface area contributed by atoms with Gasteiger partial charge in [0.05, 0.1) is 11.3 Å². The summed E-state index contributed by atoms with van der Waals surface area (Å²) in [7, 11) is 0. The highest BCUT2D eigenvalue weighted by Crippen LogP contribution is 2.33. The second-order valence-electron chi connectivity index (χ2n) is 7.04. The number of halogens is 1. The summed E-state index contributed by atoms with van der Waals surface area (Å²) in [5, 5.41) is 5.80. The number of carbonyl (C=O) groups excluding carboxylic acids is 1. The SMILES string of the molecule is CC1CCN(c2ccc(NC=C3C(=O)Nc4cccc(F)c43)cc2)CC1. The molecule has 0 aromatic heterocycles. The lowest BCUT2D eigenvalue weighted by atomic mass is 9.99. The van der Waals surface area contributed by atoms with E-state index in [-0.39, 0.29) is 5.91 Å². The first-order valence-electron chi connectivity index (χ1n) is 9.04. The van der Waals surface area contributed by atoms with Gasteiger partial charge < -0.3 is 15.5 Å². The minimum Gasteiger partial charge on any atom is -0.372 e. The number of anilines is 3. The Morgan fingerprint density at radius 2 is 1.88 bits per heavy atom. The van der Waals surface area contributed by atoms with E-state index < -0.39 is 5.82 Å². The van der Waals surface area contributed by atoms with Crippen LogP contribution in [-0.2, 0) is 4.79 Å². The Morgan fingerprint density at radius 3 is 2.62 bits per heavy atom. The molecule has 0 bridgehead atoms. The Bertz CT molecular complexity index is 852. The van der Waals surface area contributed by atoms with E-state index in [0.717, 1.165) is 24.7 Å². The summed E-state index contributed by atoms with van der Waals surface area (Å²) in [6.07, 6.45) is 4.03. The quantitative estimate of drug-likeness (QED) is 0.802. The third-order valence-electron chi connectivity index (χ3n) is 5.18. The van der Waals surface area contributed by atoms with Crippen molar-refractivity contribution in [3.63, 3.8) is 0 Å². The molecule has 4 rings (SSSR count). The van der Waals surface area contributed by atoms with Crippen LogP contribution in [0.4, 0.5) is 21.5 Å². The second-order valence-corrected chi connectivity index (χ2v) is 7.04. The van der Waals surface area contributed by atoms with Gasteiger partial charge in [-0.2, -0.15) is 0 Å². The number of nitrogens with one attached hydrogen (secondary N) is 2. The van der Waals surface area contributed by atoms with Crippen LogP contribution in [-0.4, -0.2) is 19.0 Å². The van der Waals surface area contributed by atoms with Gasteiger partial charge in [-0.15, -0.1) is 0 Å². The van der Waals surface area contributed by atoms with Crippen molar-refractivity contribution in [2.45, 2.75) is 19.8 Å². The zero-order chi connectivity index (χ0) is 18.1. The number of fused-ring (bicyclic) bond motifs is 1. The van der Waals surface area contributed by atoms with Gasteiger partial charge in [0.25, 0.3) is 5.91 Å². The summed E-state index contributed by atoms with van der Waals surface area (Å²) in [6, 6.07) is 12.8. The van der Waals surface area contributed by atoms with E-state index in [0.29, 0.717) is 16.8 Å². The number of benzene rings is 2. The number of rotatable bonds is 3. The number of nitrogens with zero attached hydrogens (tertiary/aromatic N) is 1. The van der Waals surface area contributed by atoms with Crippen molar-refractivity contribution < 1.29 is 9.18 Å². The van der Waals surface area contributed by atoms with Crippen LogP contribution in [0.3, 0.4) is 0 Å². The lowest BCUT2D eigenvalue weighted by Crippen LogP contribution is -2.32. The number of amides is 1. The molecular formula is C21H22FN3O. The standard InChI is InChI=1S/C21H22FN3O/c1-14-9-11-25(12-10-14)16-7-5-15(6-8-16)23-13-17-20-18(22)3-2-4-19(20)24-21(17)26/h2-8,13-14,23H,9-12H2,1H3,(H,24,26). The van der Waals surface area contributed by atoms with Gasteiger partial charge >= 0.3 is 0 Å². The molecule has 2 aromatic carbocycles. The molecule has 0 saturated carbocycles. The first-order valence-corrected chi connectivity index (χ1v) is 9.04. The summed E-state index contributed by atoms with van der Waals surface area (Å²) in [6.45, 7) is 4.49. The highest BCUT2D eigenvalue weighted by Gasteiger charge is 2.27. The molecule has 1 amide bonds. The highest BCUT2D eigenvalue weighted by molar-refractivity contribution is 6.31. The van der Waals surface area contributed by atoms with Gasteiger partial charge in [0.1, 0.15) is 5.82 Å².